The molecule has 1 fully saturated rings. The van der Waals surface area contributed by atoms with Gasteiger partial charge in [0.2, 0.25) is 11.5 Å². The fourth-order valence-electron chi connectivity index (χ4n) is 4.37. The maximum Gasteiger partial charge on any atom is 0.306 e. The minimum Gasteiger partial charge on any atom is -0.493 e. The zero-order valence-electron chi connectivity index (χ0n) is 18.0. The fourth-order valence-corrected chi connectivity index (χ4v) is 4.37. The van der Waals surface area contributed by atoms with Crippen molar-refractivity contribution in [2.24, 2.45) is 5.92 Å². The third-order valence-corrected chi connectivity index (χ3v) is 5.85. The van der Waals surface area contributed by atoms with Gasteiger partial charge in [-0.15, -0.1) is 0 Å². The number of hydrogen-bond donors (Lipinski definition) is 0. The number of benzene rings is 2. The molecule has 0 radical (unpaired) electrons. The Balaban J connectivity index is 1.31. The van der Waals surface area contributed by atoms with E-state index in [1.807, 2.05) is 56.3 Å². The van der Waals surface area contributed by atoms with Crippen LogP contribution in [0.3, 0.4) is 0 Å². The second kappa shape index (κ2) is 9.38. The van der Waals surface area contributed by atoms with Crippen molar-refractivity contribution >= 4 is 11.8 Å². The largest absolute Gasteiger partial charge is 0.493 e. The summed E-state index contributed by atoms with van der Waals surface area (Å²) in [6.07, 6.45) is 3.74. The van der Waals surface area contributed by atoms with E-state index in [1.165, 1.54) is 6.26 Å². The fraction of sp³-hybridized carbons (Fsp3) is 0.385. The quantitative estimate of drug-likeness (QED) is 0.626. The van der Waals surface area contributed by atoms with Crippen LogP contribution in [0.15, 0.2) is 60.6 Å². The van der Waals surface area contributed by atoms with Crippen molar-refractivity contribution in [1.29, 1.82) is 0 Å². The van der Waals surface area contributed by atoms with Gasteiger partial charge in [0.1, 0.15) is 24.2 Å². The molecule has 0 saturated heterocycles. The number of hydrogen-bond acceptors (Lipinski definition) is 5. The standard InChI is InChI=1S/C26H28O5/c1-17-12-18(2)14-21(13-17)30-24-16-29-23-15-20(9-10-22(23)26(24)28)31-25(27)11-8-19-6-4-3-5-7-19/h3-7,12-14,16,20,22-23H,8-11,15H2,1-2H3. The number of rotatable bonds is 6. The summed E-state index contributed by atoms with van der Waals surface area (Å²) in [5, 5.41) is 0. The van der Waals surface area contributed by atoms with E-state index < -0.39 is 0 Å². The molecular weight excluding hydrogens is 392 g/mol. The molecule has 1 aliphatic carbocycles. The van der Waals surface area contributed by atoms with Crippen LogP contribution in [0.1, 0.15) is 42.4 Å². The summed E-state index contributed by atoms with van der Waals surface area (Å²) in [5.74, 6) is 0.378. The van der Waals surface area contributed by atoms with Gasteiger partial charge in [-0.2, -0.15) is 0 Å². The zero-order valence-corrected chi connectivity index (χ0v) is 18.0. The Morgan fingerprint density at radius 1 is 1.06 bits per heavy atom. The summed E-state index contributed by atoms with van der Waals surface area (Å²) in [4.78, 5) is 25.2. The van der Waals surface area contributed by atoms with Crippen molar-refractivity contribution in [1.82, 2.24) is 0 Å². The molecule has 2 aromatic carbocycles. The number of ketones is 1. The highest BCUT2D eigenvalue weighted by Crippen LogP contribution is 2.35. The molecule has 1 saturated carbocycles. The lowest BCUT2D eigenvalue weighted by molar-refractivity contribution is -0.155. The lowest BCUT2D eigenvalue weighted by Crippen LogP contribution is -2.43. The Morgan fingerprint density at radius 3 is 2.55 bits per heavy atom. The summed E-state index contributed by atoms with van der Waals surface area (Å²) >= 11 is 0. The Bertz CT molecular complexity index is 958. The highest BCUT2D eigenvalue weighted by Gasteiger charge is 2.42. The zero-order chi connectivity index (χ0) is 21.8. The van der Waals surface area contributed by atoms with Crippen LogP contribution in [-0.2, 0) is 25.5 Å². The van der Waals surface area contributed by atoms with E-state index in [2.05, 4.69) is 6.07 Å². The number of fused-ring (bicyclic) bond motifs is 1. The van der Waals surface area contributed by atoms with Crippen molar-refractivity contribution in [3.63, 3.8) is 0 Å². The predicted octanol–water partition coefficient (Wildman–Crippen LogP) is 4.84. The van der Waals surface area contributed by atoms with Gasteiger partial charge in [-0.3, -0.25) is 9.59 Å². The molecule has 5 nitrogen and oxygen atoms in total. The van der Waals surface area contributed by atoms with Gasteiger partial charge < -0.3 is 14.2 Å². The van der Waals surface area contributed by atoms with Gasteiger partial charge in [-0.1, -0.05) is 36.4 Å². The third kappa shape index (κ3) is 5.35. The summed E-state index contributed by atoms with van der Waals surface area (Å²) < 4.78 is 17.3. The Morgan fingerprint density at radius 2 is 1.81 bits per heavy atom. The van der Waals surface area contributed by atoms with Gasteiger partial charge in [0.15, 0.2) is 0 Å². The van der Waals surface area contributed by atoms with Crippen LogP contribution in [0.5, 0.6) is 5.75 Å². The Kier molecular flexibility index (Phi) is 6.40. The molecule has 2 aliphatic rings. The lowest BCUT2D eigenvalue weighted by atomic mass is 9.80. The molecule has 4 rings (SSSR count). The maximum absolute atomic E-state index is 12.9. The average molecular weight is 421 g/mol. The Labute approximate surface area is 183 Å². The second-order valence-corrected chi connectivity index (χ2v) is 8.46. The first-order valence-electron chi connectivity index (χ1n) is 10.9. The maximum atomic E-state index is 12.9. The SMILES string of the molecule is Cc1cc(C)cc(OC2=COC3CC(OC(=O)CCc4ccccc4)CCC3C2=O)c1. The molecule has 31 heavy (non-hydrogen) atoms. The van der Waals surface area contributed by atoms with E-state index in [1.54, 1.807) is 0 Å². The molecule has 1 aliphatic heterocycles. The molecule has 0 aromatic heterocycles. The number of allylic oxidation sites excluding steroid dienone is 1. The first-order valence-corrected chi connectivity index (χ1v) is 10.9. The van der Waals surface area contributed by atoms with Gasteiger partial charge >= 0.3 is 5.97 Å². The van der Waals surface area contributed by atoms with Crippen molar-refractivity contribution in [2.75, 3.05) is 0 Å². The molecule has 0 amide bonds. The van der Waals surface area contributed by atoms with Crippen LogP contribution in [0, 0.1) is 19.8 Å². The molecule has 3 atom stereocenters. The van der Waals surface area contributed by atoms with E-state index in [-0.39, 0.29) is 35.6 Å². The minimum absolute atomic E-state index is 0.0377. The minimum atomic E-state index is -0.278. The van der Waals surface area contributed by atoms with Crippen LogP contribution in [0.4, 0.5) is 0 Å². The van der Waals surface area contributed by atoms with Crippen LogP contribution < -0.4 is 4.74 Å². The summed E-state index contributed by atoms with van der Waals surface area (Å²) in [6.45, 7) is 3.98. The van der Waals surface area contributed by atoms with Crippen molar-refractivity contribution in [3.05, 3.63) is 77.2 Å². The van der Waals surface area contributed by atoms with Gasteiger partial charge in [0.25, 0.3) is 0 Å². The van der Waals surface area contributed by atoms with E-state index in [0.29, 0.717) is 37.9 Å². The van der Waals surface area contributed by atoms with Crippen LogP contribution in [-0.4, -0.2) is 24.0 Å². The first kappa shape index (κ1) is 21.2. The number of esters is 1. The smallest absolute Gasteiger partial charge is 0.306 e. The topological polar surface area (TPSA) is 61.8 Å². The van der Waals surface area contributed by atoms with Gasteiger partial charge in [-0.05, 0) is 61.9 Å². The monoisotopic (exact) mass is 420 g/mol. The molecule has 1 heterocycles. The molecule has 162 valence electrons. The van der Waals surface area contributed by atoms with Crippen molar-refractivity contribution in [2.45, 2.75) is 58.2 Å². The number of ether oxygens (including phenoxy) is 3. The molecule has 3 unspecified atom stereocenters. The Hall–Kier alpha value is -3.08. The van der Waals surface area contributed by atoms with Crippen LogP contribution in [0.2, 0.25) is 0 Å². The summed E-state index contributed by atoms with van der Waals surface area (Å²) in [7, 11) is 0. The molecule has 0 bridgehead atoms. The van der Waals surface area contributed by atoms with E-state index >= 15 is 0 Å². The molecular formula is C26H28O5. The average Bonchev–Trinajstić information content (AvgIpc) is 2.74. The van der Waals surface area contributed by atoms with Crippen molar-refractivity contribution < 1.29 is 23.8 Å². The van der Waals surface area contributed by atoms with Gasteiger partial charge in [0, 0.05) is 12.8 Å². The van der Waals surface area contributed by atoms with Crippen LogP contribution >= 0.6 is 0 Å². The van der Waals surface area contributed by atoms with Gasteiger partial charge in [0.05, 0.1) is 5.92 Å². The molecule has 0 spiro atoms. The van der Waals surface area contributed by atoms with Gasteiger partial charge in [-0.25, -0.2) is 0 Å². The number of Topliss-reactive ketones (excluding diaryl/α,β-unsaturated/α-hetero) is 1. The number of aryl methyl sites for hydroxylation is 3. The normalized spacial score (nSPS) is 22.7. The van der Waals surface area contributed by atoms with E-state index in [4.69, 9.17) is 14.2 Å². The lowest BCUT2D eigenvalue weighted by Gasteiger charge is -2.36. The predicted molar refractivity (Wildman–Crippen MR) is 116 cm³/mol. The number of carbonyl (C=O) groups is 2. The molecule has 5 heteroatoms. The highest BCUT2D eigenvalue weighted by molar-refractivity contribution is 5.96. The summed E-state index contributed by atoms with van der Waals surface area (Å²) in [6, 6.07) is 15.7. The first-order chi connectivity index (χ1) is 15.0. The molecule has 0 N–H and O–H groups in total. The van der Waals surface area contributed by atoms with Crippen LogP contribution in [0.25, 0.3) is 0 Å². The second-order valence-electron chi connectivity index (χ2n) is 8.46. The number of carbonyl (C=O) groups excluding carboxylic acids is 2. The highest BCUT2D eigenvalue weighted by atomic mass is 16.5. The molecule has 2 aromatic rings. The summed E-state index contributed by atoms with van der Waals surface area (Å²) in [5.41, 5.74) is 3.27. The van der Waals surface area contributed by atoms with E-state index in [9.17, 15) is 9.59 Å². The van der Waals surface area contributed by atoms with Crippen molar-refractivity contribution in [3.8, 4) is 5.75 Å². The third-order valence-electron chi connectivity index (χ3n) is 5.85. The van der Waals surface area contributed by atoms with E-state index in [0.717, 1.165) is 16.7 Å².